The van der Waals surface area contributed by atoms with Crippen LogP contribution in [-0.4, -0.2) is 24.5 Å². The van der Waals surface area contributed by atoms with E-state index in [1.165, 1.54) is 19.3 Å². The Labute approximate surface area is 86.2 Å². The lowest BCUT2D eigenvalue weighted by Gasteiger charge is -2.36. The second kappa shape index (κ2) is 3.89. The molecule has 0 aromatic carbocycles. The number of aliphatic imine (C=N–C) groups is 1. The molecular formula is C11H21N3. The van der Waals surface area contributed by atoms with Gasteiger partial charge in [0.05, 0.1) is 12.1 Å². The van der Waals surface area contributed by atoms with Crippen molar-refractivity contribution < 1.29 is 0 Å². The topological polar surface area (TPSA) is 50.4 Å². The molecule has 3 heteroatoms. The van der Waals surface area contributed by atoms with E-state index in [4.69, 9.17) is 5.73 Å². The summed E-state index contributed by atoms with van der Waals surface area (Å²) in [6, 6.07) is 0. The smallest absolute Gasteiger partial charge is 0.117 e. The molecule has 0 unspecified atom stereocenters. The minimum atomic E-state index is -0.123. The molecule has 1 fully saturated rings. The van der Waals surface area contributed by atoms with Gasteiger partial charge < -0.3 is 11.1 Å². The molecular weight excluding hydrogens is 174 g/mol. The Balaban J connectivity index is 1.97. The summed E-state index contributed by atoms with van der Waals surface area (Å²) in [5.74, 6) is 1.97. The third-order valence-electron chi connectivity index (χ3n) is 3.72. The van der Waals surface area contributed by atoms with Crippen LogP contribution in [0.2, 0.25) is 0 Å². The molecule has 0 saturated heterocycles. The lowest BCUT2D eigenvalue weighted by molar-refractivity contribution is 0.281. The Morgan fingerprint density at radius 3 is 2.71 bits per heavy atom. The Morgan fingerprint density at radius 1 is 1.50 bits per heavy atom. The van der Waals surface area contributed by atoms with Crippen molar-refractivity contribution in [2.24, 2.45) is 16.6 Å². The van der Waals surface area contributed by atoms with E-state index in [2.05, 4.69) is 17.2 Å². The first-order valence-electron chi connectivity index (χ1n) is 5.82. The molecule has 0 bridgehead atoms. The van der Waals surface area contributed by atoms with E-state index >= 15 is 0 Å². The van der Waals surface area contributed by atoms with Crippen molar-refractivity contribution in [3.63, 3.8) is 0 Å². The van der Waals surface area contributed by atoms with Crippen molar-refractivity contribution in [3.05, 3.63) is 0 Å². The number of nitrogens with one attached hydrogen (secondary N) is 1. The number of amidine groups is 1. The summed E-state index contributed by atoms with van der Waals surface area (Å²) in [6.07, 6.45) is 6.06. The number of rotatable bonds is 2. The van der Waals surface area contributed by atoms with Crippen LogP contribution in [-0.2, 0) is 0 Å². The molecule has 3 nitrogen and oxygen atoms in total. The van der Waals surface area contributed by atoms with Gasteiger partial charge >= 0.3 is 0 Å². The zero-order valence-electron chi connectivity index (χ0n) is 9.05. The third-order valence-corrected chi connectivity index (χ3v) is 3.72. The molecule has 3 N–H and O–H groups in total. The molecule has 0 aromatic rings. The van der Waals surface area contributed by atoms with E-state index in [9.17, 15) is 0 Å². The van der Waals surface area contributed by atoms with Gasteiger partial charge in [-0.15, -0.1) is 0 Å². The summed E-state index contributed by atoms with van der Waals surface area (Å²) >= 11 is 0. The predicted octanol–water partition coefficient (Wildman–Crippen LogP) is 1.29. The maximum atomic E-state index is 6.39. The van der Waals surface area contributed by atoms with Crippen molar-refractivity contribution in [1.29, 1.82) is 0 Å². The maximum absolute atomic E-state index is 6.39. The average Bonchev–Trinajstić information content (AvgIpc) is 2.72. The highest BCUT2D eigenvalue weighted by Gasteiger charge is 2.36. The van der Waals surface area contributed by atoms with E-state index < -0.39 is 0 Å². The van der Waals surface area contributed by atoms with E-state index in [1.807, 2.05) is 0 Å². The van der Waals surface area contributed by atoms with Gasteiger partial charge in [-0.2, -0.15) is 0 Å². The van der Waals surface area contributed by atoms with Crippen LogP contribution in [0, 0.1) is 5.92 Å². The van der Waals surface area contributed by atoms with Gasteiger partial charge in [-0.3, -0.25) is 4.99 Å². The van der Waals surface area contributed by atoms with E-state index in [1.54, 1.807) is 0 Å². The minimum Gasteiger partial charge on any atom is -0.370 e. The van der Waals surface area contributed by atoms with Crippen LogP contribution in [0.5, 0.6) is 0 Å². The van der Waals surface area contributed by atoms with Gasteiger partial charge in [0.15, 0.2) is 0 Å². The first-order valence-corrected chi connectivity index (χ1v) is 5.82. The highest BCUT2D eigenvalue weighted by atomic mass is 15.1. The highest BCUT2D eigenvalue weighted by molar-refractivity contribution is 5.92. The zero-order chi connectivity index (χ0) is 10.0. The molecule has 0 spiro atoms. The van der Waals surface area contributed by atoms with Crippen LogP contribution in [0.15, 0.2) is 4.99 Å². The van der Waals surface area contributed by atoms with Gasteiger partial charge in [0.25, 0.3) is 0 Å². The summed E-state index contributed by atoms with van der Waals surface area (Å²) in [4.78, 5) is 4.46. The van der Waals surface area contributed by atoms with Crippen LogP contribution >= 0.6 is 0 Å². The molecule has 0 amide bonds. The maximum Gasteiger partial charge on any atom is 0.117 e. The van der Waals surface area contributed by atoms with Crippen LogP contribution in [0.1, 0.15) is 39.0 Å². The summed E-state index contributed by atoms with van der Waals surface area (Å²) in [5.41, 5.74) is 6.27. The first-order chi connectivity index (χ1) is 6.74. The summed E-state index contributed by atoms with van der Waals surface area (Å²) in [6.45, 7) is 4.16. The fraction of sp³-hybridized carbons (Fsp3) is 0.909. The van der Waals surface area contributed by atoms with Gasteiger partial charge in [-0.05, 0) is 31.6 Å². The molecule has 0 radical (unpaired) electrons. The lowest BCUT2D eigenvalue weighted by atomic mass is 9.75. The fourth-order valence-electron chi connectivity index (χ4n) is 2.57. The van der Waals surface area contributed by atoms with Crippen LogP contribution in [0.3, 0.4) is 0 Å². The van der Waals surface area contributed by atoms with Gasteiger partial charge in [0.1, 0.15) is 5.84 Å². The highest BCUT2D eigenvalue weighted by Crippen LogP contribution is 2.32. The molecule has 0 aromatic heterocycles. The zero-order valence-corrected chi connectivity index (χ0v) is 9.05. The minimum absolute atomic E-state index is 0.123. The SMILES string of the molecule is CCC1CCC(N)(C2=NCCN2)CC1. The van der Waals surface area contributed by atoms with Gasteiger partial charge in [-0.25, -0.2) is 0 Å². The van der Waals surface area contributed by atoms with Crippen molar-refractivity contribution in [2.75, 3.05) is 13.1 Å². The Bertz CT molecular complexity index is 227. The molecule has 1 aliphatic carbocycles. The van der Waals surface area contributed by atoms with Crippen molar-refractivity contribution in [1.82, 2.24) is 5.32 Å². The van der Waals surface area contributed by atoms with Crippen LogP contribution in [0.25, 0.3) is 0 Å². The van der Waals surface area contributed by atoms with Crippen LogP contribution < -0.4 is 11.1 Å². The van der Waals surface area contributed by atoms with E-state index in [-0.39, 0.29) is 5.54 Å². The van der Waals surface area contributed by atoms with E-state index in [0.29, 0.717) is 0 Å². The van der Waals surface area contributed by atoms with Gasteiger partial charge in [0, 0.05) is 6.54 Å². The summed E-state index contributed by atoms with van der Waals surface area (Å²) in [7, 11) is 0. The Morgan fingerprint density at radius 2 is 2.21 bits per heavy atom. The third kappa shape index (κ3) is 1.78. The number of nitrogens with zero attached hydrogens (tertiary/aromatic N) is 1. The quantitative estimate of drug-likeness (QED) is 0.697. The summed E-state index contributed by atoms with van der Waals surface area (Å²) < 4.78 is 0. The molecule has 1 heterocycles. The lowest BCUT2D eigenvalue weighted by Crippen LogP contribution is -2.54. The van der Waals surface area contributed by atoms with E-state index in [0.717, 1.165) is 37.7 Å². The van der Waals surface area contributed by atoms with Crippen molar-refractivity contribution in [3.8, 4) is 0 Å². The van der Waals surface area contributed by atoms with Crippen molar-refractivity contribution >= 4 is 5.84 Å². The summed E-state index contributed by atoms with van der Waals surface area (Å²) in [5, 5.41) is 3.32. The molecule has 1 saturated carbocycles. The normalized spacial score (nSPS) is 37.9. The predicted molar refractivity (Wildman–Crippen MR) is 59.5 cm³/mol. The van der Waals surface area contributed by atoms with Crippen LogP contribution in [0.4, 0.5) is 0 Å². The molecule has 14 heavy (non-hydrogen) atoms. The Kier molecular flexibility index (Phi) is 2.77. The molecule has 80 valence electrons. The molecule has 1 aliphatic heterocycles. The number of hydrogen-bond donors (Lipinski definition) is 2. The second-order valence-corrected chi connectivity index (χ2v) is 4.66. The fourth-order valence-corrected chi connectivity index (χ4v) is 2.57. The molecule has 2 aliphatic rings. The van der Waals surface area contributed by atoms with Gasteiger partial charge in [-0.1, -0.05) is 13.3 Å². The largest absolute Gasteiger partial charge is 0.370 e. The number of hydrogen-bond acceptors (Lipinski definition) is 3. The first kappa shape index (κ1) is 9.97. The second-order valence-electron chi connectivity index (χ2n) is 4.66. The monoisotopic (exact) mass is 195 g/mol. The van der Waals surface area contributed by atoms with Crippen molar-refractivity contribution in [2.45, 2.75) is 44.6 Å². The molecule has 0 atom stereocenters. The molecule has 2 rings (SSSR count). The van der Waals surface area contributed by atoms with Gasteiger partial charge in [0.2, 0.25) is 0 Å². The standard InChI is InChI=1S/C11H21N3/c1-2-9-3-5-11(12,6-4-9)10-13-7-8-14-10/h9H,2-8,12H2,1H3,(H,13,14). The Hall–Kier alpha value is -0.570. The average molecular weight is 195 g/mol. The number of nitrogens with two attached hydrogens (primary N) is 1.